The highest BCUT2D eigenvalue weighted by Gasteiger charge is 2.18. The van der Waals surface area contributed by atoms with Gasteiger partial charge in [0.2, 0.25) is 0 Å². The second-order valence-corrected chi connectivity index (χ2v) is 5.45. The molecule has 0 bridgehead atoms. The van der Waals surface area contributed by atoms with Gasteiger partial charge in [0, 0.05) is 19.0 Å². The maximum Gasteiger partial charge on any atom is 0.0997 e. The summed E-state index contributed by atoms with van der Waals surface area (Å²) in [6.45, 7) is 5.82. The van der Waals surface area contributed by atoms with Crippen LogP contribution in [0.1, 0.15) is 56.0 Å². The maximum atomic E-state index is 5.82. The van der Waals surface area contributed by atoms with Crippen LogP contribution < -0.4 is 5.73 Å². The summed E-state index contributed by atoms with van der Waals surface area (Å²) in [4.78, 5) is 0. The first-order valence-electron chi connectivity index (χ1n) is 7.96. The van der Waals surface area contributed by atoms with Crippen LogP contribution >= 0.6 is 0 Å². The van der Waals surface area contributed by atoms with Crippen LogP contribution in [0.5, 0.6) is 0 Å². The van der Waals surface area contributed by atoms with Gasteiger partial charge in [0.05, 0.1) is 11.4 Å². The lowest BCUT2D eigenvalue weighted by atomic mass is 9.97. The minimum atomic E-state index is 0.477. The van der Waals surface area contributed by atoms with Crippen LogP contribution in [0.2, 0.25) is 0 Å². The van der Waals surface area contributed by atoms with Gasteiger partial charge < -0.3 is 5.73 Å². The number of benzene rings is 1. The van der Waals surface area contributed by atoms with E-state index in [2.05, 4.69) is 59.2 Å². The second kappa shape index (κ2) is 7.93. The number of nitrogens with two attached hydrogens (primary N) is 1. The molecule has 0 atom stereocenters. The van der Waals surface area contributed by atoms with Crippen LogP contribution in [-0.2, 0) is 19.5 Å². The van der Waals surface area contributed by atoms with Crippen LogP contribution in [0.15, 0.2) is 30.3 Å². The molecular weight excluding hydrogens is 260 g/mol. The minimum absolute atomic E-state index is 0.477. The van der Waals surface area contributed by atoms with Crippen molar-refractivity contribution in [2.24, 2.45) is 5.73 Å². The molecule has 2 aromatic rings. The van der Waals surface area contributed by atoms with E-state index in [0.29, 0.717) is 12.5 Å². The van der Waals surface area contributed by atoms with Crippen LogP contribution in [0.25, 0.3) is 0 Å². The number of nitrogens with zero attached hydrogens (tertiary/aromatic N) is 3. The van der Waals surface area contributed by atoms with E-state index in [0.717, 1.165) is 37.9 Å². The highest BCUT2D eigenvalue weighted by atomic mass is 15.4. The van der Waals surface area contributed by atoms with E-state index >= 15 is 0 Å². The van der Waals surface area contributed by atoms with Crippen molar-refractivity contribution < 1.29 is 0 Å². The fourth-order valence-electron chi connectivity index (χ4n) is 2.87. The van der Waals surface area contributed by atoms with Gasteiger partial charge in [-0.05, 0) is 31.2 Å². The summed E-state index contributed by atoms with van der Waals surface area (Å²) in [5, 5.41) is 8.59. The van der Waals surface area contributed by atoms with Crippen LogP contribution in [-0.4, -0.2) is 15.0 Å². The average molecular weight is 286 g/mol. The first-order valence-corrected chi connectivity index (χ1v) is 7.96. The molecule has 0 saturated carbocycles. The third-order valence-corrected chi connectivity index (χ3v) is 4.09. The molecule has 0 saturated heterocycles. The third kappa shape index (κ3) is 3.91. The van der Waals surface area contributed by atoms with Crippen molar-refractivity contribution in [1.82, 2.24) is 15.0 Å². The Morgan fingerprint density at radius 2 is 1.86 bits per heavy atom. The molecule has 114 valence electrons. The molecule has 4 heteroatoms. The third-order valence-electron chi connectivity index (χ3n) is 4.09. The topological polar surface area (TPSA) is 56.7 Å². The largest absolute Gasteiger partial charge is 0.325 e. The van der Waals surface area contributed by atoms with Crippen molar-refractivity contribution in [2.75, 3.05) is 0 Å². The molecule has 1 heterocycles. The Labute approximate surface area is 127 Å². The van der Waals surface area contributed by atoms with Crippen molar-refractivity contribution in [3.05, 3.63) is 47.3 Å². The Morgan fingerprint density at radius 3 is 2.48 bits per heavy atom. The summed E-state index contributed by atoms with van der Waals surface area (Å²) in [5.41, 5.74) is 9.40. The van der Waals surface area contributed by atoms with Gasteiger partial charge in [-0.2, -0.15) is 0 Å². The Bertz CT molecular complexity index is 529. The van der Waals surface area contributed by atoms with Crippen molar-refractivity contribution >= 4 is 0 Å². The molecule has 1 aromatic heterocycles. The molecule has 0 amide bonds. The summed E-state index contributed by atoms with van der Waals surface area (Å²) in [6.07, 6.45) is 4.36. The number of aryl methyl sites for hydroxylation is 2. The van der Waals surface area contributed by atoms with Gasteiger partial charge in [-0.1, -0.05) is 49.4 Å². The molecule has 4 nitrogen and oxygen atoms in total. The predicted octanol–water partition coefficient (Wildman–Crippen LogP) is 3.27. The summed E-state index contributed by atoms with van der Waals surface area (Å²) >= 11 is 0. The average Bonchev–Trinajstić information content (AvgIpc) is 2.93. The standard InChI is InChI=1S/C17H26N4/c1-3-15(4-2)17-16(13-18)19-20-21(17)12-8-11-14-9-6-5-7-10-14/h5-7,9-10,15H,3-4,8,11-13,18H2,1-2H3. The Balaban J connectivity index is 2.04. The predicted molar refractivity (Wildman–Crippen MR) is 86.0 cm³/mol. The molecule has 2 N–H and O–H groups in total. The Kier molecular flexibility index (Phi) is 5.93. The molecule has 0 fully saturated rings. The van der Waals surface area contributed by atoms with Crippen molar-refractivity contribution in [3.63, 3.8) is 0 Å². The molecular formula is C17H26N4. The van der Waals surface area contributed by atoms with Gasteiger partial charge >= 0.3 is 0 Å². The molecule has 0 aliphatic rings. The van der Waals surface area contributed by atoms with Crippen LogP contribution in [0.4, 0.5) is 0 Å². The highest BCUT2D eigenvalue weighted by molar-refractivity contribution is 5.16. The summed E-state index contributed by atoms with van der Waals surface area (Å²) < 4.78 is 2.07. The molecule has 0 spiro atoms. The lowest BCUT2D eigenvalue weighted by Crippen LogP contribution is -2.12. The van der Waals surface area contributed by atoms with Gasteiger partial charge in [-0.15, -0.1) is 5.10 Å². The zero-order valence-electron chi connectivity index (χ0n) is 13.1. The van der Waals surface area contributed by atoms with E-state index in [9.17, 15) is 0 Å². The fraction of sp³-hybridized carbons (Fsp3) is 0.529. The first-order chi connectivity index (χ1) is 10.3. The smallest absolute Gasteiger partial charge is 0.0997 e. The second-order valence-electron chi connectivity index (χ2n) is 5.45. The first kappa shape index (κ1) is 15.7. The van der Waals surface area contributed by atoms with E-state index in [1.165, 1.54) is 11.3 Å². The molecule has 0 aliphatic carbocycles. The summed E-state index contributed by atoms with van der Waals surface area (Å²) in [5.74, 6) is 0.510. The zero-order chi connectivity index (χ0) is 15.1. The summed E-state index contributed by atoms with van der Waals surface area (Å²) in [7, 11) is 0. The maximum absolute atomic E-state index is 5.82. The molecule has 0 aliphatic heterocycles. The normalized spacial score (nSPS) is 11.2. The van der Waals surface area contributed by atoms with E-state index in [1.807, 2.05) is 0 Å². The number of hydrogen-bond acceptors (Lipinski definition) is 3. The van der Waals surface area contributed by atoms with Crippen molar-refractivity contribution in [1.29, 1.82) is 0 Å². The minimum Gasteiger partial charge on any atom is -0.325 e. The van der Waals surface area contributed by atoms with Gasteiger partial charge in [-0.25, -0.2) is 4.68 Å². The van der Waals surface area contributed by atoms with E-state index in [1.54, 1.807) is 0 Å². The zero-order valence-corrected chi connectivity index (χ0v) is 13.1. The lowest BCUT2D eigenvalue weighted by Gasteiger charge is -2.15. The van der Waals surface area contributed by atoms with Crippen molar-refractivity contribution in [3.8, 4) is 0 Å². The highest BCUT2D eigenvalue weighted by Crippen LogP contribution is 2.25. The fourth-order valence-corrected chi connectivity index (χ4v) is 2.87. The van der Waals surface area contributed by atoms with Gasteiger partial charge in [0.1, 0.15) is 0 Å². The van der Waals surface area contributed by atoms with Gasteiger partial charge in [0.25, 0.3) is 0 Å². The molecule has 0 unspecified atom stereocenters. The Morgan fingerprint density at radius 1 is 1.14 bits per heavy atom. The monoisotopic (exact) mass is 286 g/mol. The van der Waals surface area contributed by atoms with E-state index < -0.39 is 0 Å². The SMILES string of the molecule is CCC(CC)c1c(CN)nnn1CCCc1ccccc1. The van der Waals surface area contributed by atoms with Crippen molar-refractivity contribution in [2.45, 2.75) is 58.5 Å². The quantitative estimate of drug-likeness (QED) is 0.810. The molecule has 21 heavy (non-hydrogen) atoms. The number of aromatic nitrogens is 3. The number of hydrogen-bond donors (Lipinski definition) is 1. The van der Waals surface area contributed by atoms with Crippen LogP contribution in [0, 0.1) is 0 Å². The Hall–Kier alpha value is -1.68. The van der Waals surface area contributed by atoms with Crippen LogP contribution in [0.3, 0.4) is 0 Å². The van der Waals surface area contributed by atoms with E-state index in [4.69, 9.17) is 5.73 Å². The van der Waals surface area contributed by atoms with Gasteiger partial charge in [-0.3, -0.25) is 0 Å². The van der Waals surface area contributed by atoms with Gasteiger partial charge in [0.15, 0.2) is 0 Å². The molecule has 1 aromatic carbocycles. The summed E-state index contributed by atoms with van der Waals surface area (Å²) in [6, 6.07) is 10.6. The molecule has 0 radical (unpaired) electrons. The number of rotatable bonds is 8. The molecule has 2 rings (SSSR count). The van der Waals surface area contributed by atoms with E-state index in [-0.39, 0.29) is 0 Å². The lowest BCUT2D eigenvalue weighted by molar-refractivity contribution is 0.497.